The molecule has 120 valence electrons. The highest BCUT2D eigenvalue weighted by molar-refractivity contribution is 6.00. The van der Waals surface area contributed by atoms with Gasteiger partial charge in [0.25, 0.3) is 0 Å². The first-order valence-corrected chi connectivity index (χ1v) is 7.87. The van der Waals surface area contributed by atoms with Gasteiger partial charge in [0.2, 0.25) is 11.8 Å². The van der Waals surface area contributed by atoms with Gasteiger partial charge in [0.05, 0.1) is 12.0 Å². The smallest absolute Gasteiger partial charge is 0.227 e. The molecule has 2 atom stereocenters. The number of carbonyl (C=O) groups excluding carboxylic acids is 2. The number of benzene rings is 1. The average Bonchev–Trinajstić information content (AvgIpc) is 2.88. The zero-order valence-corrected chi connectivity index (χ0v) is 13.2. The minimum atomic E-state index is -0.432. The number of nitrogens with one attached hydrogen (secondary N) is 1. The Morgan fingerprint density at radius 2 is 2.18 bits per heavy atom. The van der Waals surface area contributed by atoms with E-state index < -0.39 is 6.10 Å². The molecule has 2 N–H and O–H groups in total. The number of hydrogen-bond donors (Lipinski definition) is 2. The first-order chi connectivity index (χ1) is 10.5. The van der Waals surface area contributed by atoms with Crippen molar-refractivity contribution in [2.75, 3.05) is 18.0 Å². The number of anilines is 1. The predicted molar refractivity (Wildman–Crippen MR) is 85.6 cm³/mol. The van der Waals surface area contributed by atoms with E-state index >= 15 is 0 Å². The average molecular weight is 304 g/mol. The molecular weight excluding hydrogens is 280 g/mol. The van der Waals surface area contributed by atoms with Crippen molar-refractivity contribution in [3.05, 3.63) is 29.8 Å². The summed E-state index contributed by atoms with van der Waals surface area (Å²) in [7, 11) is 0. The van der Waals surface area contributed by atoms with E-state index in [0.29, 0.717) is 19.5 Å². The summed E-state index contributed by atoms with van der Waals surface area (Å²) in [4.78, 5) is 26.1. The van der Waals surface area contributed by atoms with Gasteiger partial charge in [-0.05, 0) is 31.4 Å². The van der Waals surface area contributed by atoms with Crippen molar-refractivity contribution in [1.82, 2.24) is 5.32 Å². The van der Waals surface area contributed by atoms with Crippen molar-refractivity contribution < 1.29 is 14.7 Å². The quantitative estimate of drug-likeness (QED) is 0.836. The molecule has 0 saturated carbocycles. The van der Waals surface area contributed by atoms with Gasteiger partial charge in [0.1, 0.15) is 0 Å². The number of hydrogen-bond acceptors (Lipinski definition) is 3. The maximum absolute atomic E-state index is 12.2. The molecule has 1 aromatic carbocycles. The summed E-state index contributed by atoms with van der Waals surface area (Å²) in [6.45, 7) is 4.61. The van der Waals surface area contributed by atoms with E-state index in [4.69, 9.17) is 0 Å². The second-order valence-electron chi connectivity index (χ2n) is 5.82. The van der Waals surface area contributed by atoms with Crippen LogP contribution in [-0.4, -0.2) is 36.1 Å². The van der Waals surface area contributed by atoms with E-state index in [-0.39, 0.29) is 24.2 Å². The molecule has 1 aliphatic rings. The van der Waals surface area contributed by atoms with Crippen LogP contribution in [-0.2, 0) is 16.0 Å². The Morgan fingerprint density at radius 1 is 1.45 bits per heavy atom. The fourth-order valence-corrected chi connectivity index (χ4v) is 2.74. The largest absolute Gasteiger partial charge is 0.393 e. The second-order valence-corrected chi connectivity index (χ2v) is 5.82. The number of para-hydroxylation sites is 1. The number of aryl methyl sites for hydroxylation is 1. The van der Waals surface area contributed by atoms with Crippen molar-refractivity contribution in [2.45, 2.75) is 39.2 Å². The maximum Gasteiger partial charge on any atom is 0.227 e. The highest BCUT2D eigenvalue weighted by Crippen LogP contribution is 2.28. The molecule has 5 nitrogen and oxygen atoms in total. The number of aliphatic hydroxyl groups is 1. The lowest BCUT2D eigenvalue weighted by atomic mass is 10.1. The normalized spacial score (nSPS) is 19.3. The van der Waals surface area contributed by atoms with E-state index in [0.717, 1.165) is 17.7 Å². The molecule has 0 bridgehead atoms. The molecule has 1 aromatic rings. The zero-order chi connectivity index (χ0) is 16.1. The highest BCUT2D eigenvalue weighted by atomic mass is 16.3. The van der Waals surface area contributed by atoms with Crippen molar-refractivity contribution in [3.8, 4) is 0 Å². The van der Waals surface area contributed by atoms with E-state index in [2.05, 4.69) is 12.2 Å². The number of amides is 2. The summed E-state index contributed by atoms with van der Waals surface area (Å²) in [6, 6.07) is 7.82. The van der Waals surface area contributed by atoms with Gasteiger partial charge in [0, 0.05) is 25.2 Å². The molecule has 0 radical (unpaired) electrons. The highest BCUT2D eigenvalue weighted by Gasteiger charge is 2.35. The molecule has 1 aliphatic heterocycles. The molecule has 22 heavy (non-hydrogen) atoms. The Bertz CT molecular complexity index is 542. The van der Waals surface area contributed by atoms with E-state index in [1.54, 1.807) is 11.8 Å². The lowest BCUT2D eigenvalue weighted by Gasteiger charge is -2.20. The first kappa shape index (κ1) is 16.5. The topological polar surface area (TPSA) is 69.6 Å². The summed E-state index contributed by atoms with van der Waals surface area (Å²) in [5.41, 5.74) is 2.03. The Labute approximate surface area is 131 Å². The number of aliphatic hydroxyl groups excluding tert-OH is 1. The predicted octanol–water partition coefficient (Wildman–Crippen LogP) is 1.49. The molecule has 2 amide bonds. The minimum Gasteiger partial charge on any atom is -0.393 e. The van der Waals surface area contributed by atoms with Crippen LogP contribution in [0.4, 0.5) is 5.69 Å². The summed E-state index contributed by atoms with van der Waals surface area (Å²) >= 11 is 0. The summed E-state index contributed by atoms with van der Waals surface area (Å²) in [5, 5.41) is 12.0. The Balaban J connectivity index is 2.00. The van der Waals surface area contributed by atoms with Crippen LogP contribution >= 0.6 is 0 Å². The minimum absolute atomic E-state index is 0.00317. The van der Waals surface area contributed by atoms with Crippen LogP contribution in [0, 0.1) is 5.92 Å². The maximum atomic E-state index is 12.2. The number of rotatable bonds is 6. The lowest BCUT2D eigenvalue weighted by molar-refractivity contribution is -0.126. The third kappa shape index (κ3) is 3.85. The van der Waals surface area contributed by atoms with Crippen molar-refractivity contribution in [2.24, 2.45) is 5.92 Å². The molecule has 0 aliphatic carbocycles. The summed E-state index contributed by atoms with van der Waals surface area (Å²) in [6.07, 6.45) is 1.19. The van der Waals surface area contributed by atoms with Crippen LogP contribution in [0.1, 0.15) is 32.3 Å². The Hall–Kier alpha value is -1.88. The number of carbonyl (C=O) groups is 2. The second kappa shape index (κ2) is 7.40. The van der Waals surface area contributed by atoms with Crippen molar-refractivity contribution >= 4 is 17.5 Å². The van der Waals surface area contributed by atoms with E-state index in [1.165, 1.54) is 0 Å². The van der Waals surface area contributed by atoms with Gasteiger partial charge in [-0.25, -0.2) is 0 Å². The van der Waals surface area contributed by atoms with Crippen LogP contribution in [0.5, 0.6) is 0 Å². The third-order valence-corrected chi connectivity index (χ3v) is 4.02. The van der Waals surface area contributed by atoms with Crippen LogP contribution in [0.2, 0.25) is 0 Å². The third-order valence-electron chi connectivity index (χ3n) is 4.02. The fourth-order valence-electron chi connectivity index (χ4n) is 2.74. The van der Waals surface area contributed by atoms with Gasteiger partial charge in [0.15, 0.2) is 0 Å². The monoisotopic (exact) mass is 304 g/mol. The van der Waals surface area contributed by atoms with Gasteiger partial charge in [-0.3, -0.25) is 9.59 Å². The van der Waals surface area contributed by atoms with Crippen LogP contribution in [0.3, 0.4) is 0 Å². The molecule has 0 aromatic heterocycles. The van der Waals surface area contributed by atoms with Crippen LogP contribution < -0.4 is 10.2 Å². The van der Waals surface area contributed by atoms with Gasteiger partial charge in [-0.1, -0.05) is 25.1 Å². The van der Waals surface area contributed by atoms with Crippen molar-refractivity contribution in [1.29, 1.82) is 0 Å². The fraction of sp³-hybridized carbons (Fsp3) is 0.529. The zero-order valence-electron chi connectivity index (χ0n) is 13.2. The van der Waals surface area contributed by atoms with Gasteiger partial charge in [-0.15, -0.1) is 0 Å². The van der Waals surface area contributed by atoms with Crippen molar-refractivity contribution in [3.63, 3.8) is 0 Å². The van der Waals surface area contributed by atoms with E-state index in [1.807, 2.05) is 24.3 Å². The Morgan fingerprint density at radius 3 is 2.86 bits per heavy atom. The van der Waals surface area contributed by atoms with Gasteiger partial charge < -0.3 is 15.3 Å². The van der Waals surface area contributed by atoms with Gasteiger partial charge >= 0.3 is 0 Å². The summed E-state index contributed by atoms with van der Waals surface area (Å²) in [5.74, 6) is -0.423. The molecule has 1 heterocycles. The van der Waals surface area contributed by atoms with Crippen LogP contribution in [0.25, 0.3) is 0 Å². The lowest BCUT2D eigenvalue weighted by Crippen LogP contribution is -2.34. The molecule has 2 rings (SSSR count). The Kier molecular flexibility index (Phi) is 5.55. The number of nitrogens with zero attached hydrogens (tertiary/aromatic N) is 1. The molecular formula is C17H24N2O3. The first-order valence-electron chi connectivity index (χ1n) is 7.87. The molecule has 1 saturated heterocycles. The summed E-state index contributed by atoms with van der Waals surface area (Å²) < 4.78 is 0. The molecule has 0 unspecified atom stereocenters. The SMILES string of the molecule is CCc1ccccc1N1C[C@@H](C(=O)NCC[C@@H](C)O)CC1=O. The van der Waals surface area contributed by atoms with E-state index in [9.17, 15) is 14.7 Å². The standard InChI is InChI=1S/C17H24N2O3/c1-3-13-6-4-5-7-15(13)19-11-14(10-16(19)21)17(22)18-9-8-12(2)20/h4-7,12,14,20H,3,8-11H2,1-2H3,(H,18,22)/t12-,14+/m1/s1. The molecule has 1 fully saturated rings. The molecule has 0 spiro atoms. The van der Waals surface area contributed by atoms with Crippen LogP contribution in [0.15, 0.2) is 24.3 Å². The van der Waals surface area contributed by atoms with Gasteiger partial charge in [-0.2, -0.15) is 0 Å². The molecule has 5 heteroatoms.